The zero-order valence-corrected chi connectivity index (χ0v) is 14.8. The molecule has 0 bridgehead atoms. The molecule has 0 fully saturated rings. The highest BCUT2D eigenvalue weighted by atomic mass is 16.3. The van der Waals surface area contributed by atoms with Crippen molar-refractivity contribution < 1.29 is 9.21 Å². The van der Waals surface area contributed by atoms with E-state index >= 15 is 0 Å². The molecule has 2 aromatic heterocycles. The number of nitrogens with zero attached hydrogens (tertiary/aromatic N) is 1. The molecule has 0 saturated carbocycles. The van der Waals surface area contributed by atoms with Gasteiger partial charge in [-0.25, -0.2) is 4.98 Å². The Hall–Kier alpha value is -2.62. The molecule has 1 amide bonds. The van der Waals surface area contributed by atoms with Crippen LogP contribution in [0.4, 0.5) is 0 Å². The molecule has 4 heteroatoms. The molecule has 130 valence electrons. The van der Waals surface area contributed by atoms with Crippen molar-refractivity contribution >= 4 is 16.8 Å². The van der Waals surface area contributed by atoms with Gasteiger partial charge >= 0.3 is 0 Å². The lowest BCUT2D eigenvalue weighted by molar-refractivity contribution is 0.0954. The van der Waals surface area contributed by atoms with E-state index in [1.807, 2.05) is 43.3 Å². The van der Waals surface area contributed by atoms with Crippen molar-refractivity contribution in [2.45, 2.75) is 39.5 Å². The summed E-state index contributed by atoms with van der Waals surface area (Å²) in [7, 11) is 0. The molecular formula is C21H24N2O2. The Morgan fingerprint density at radius 2 is 2.04 bits per heavy atom. The predicted octanol–water partition coefficient (Wildman–Crippen LogP) is 5.11. The maximum absolute atomic E-state index is 12.8. The van der Waals surface area contributed by atoms with Crippen LogP contribution in [0.3, 0.4) is 0 Å². The number of hydrogen-bond acceptors (Lipinski definition) is 3. The predicted molar refractivity (Wildman–Crippen MR) is 101 cm³/mol. The Labute approximate surface area is 148 Å². The highest BCUT2D eigenvalue weighted by Gasteiger charge is 2.15. The number of benzene rings is 1. The van der Waals surface area contributed by atoms with E-state index in [2.05, 4.69) is 17.2 Å². The van der Waals surface area contributed by atoms with Crippen LogP contribution in [0.5, 0.6) is 0 Å². The minimum atomic E-state index is -0.0534. The number of hydrogen-bond donors (Lipinski definition) is 1. The van der Waals surface area contributed by atoms with Crippen LogP contribution >= 0.6 is 0 Å². The number of furan rings is 1. The van der Waals surface area contributed by atoms with Gasteiger partial charge in [0.25, 0.3) is 5.91 Å². The molecule has 0 aliphatic carbocycles. The van der Waals surface area contributed by atoms with Crippen molar-refractivity contribution in [1.29, 1.82) is 0 Å². The second-order valence-electron chi connectivity index (χ2n) is 6.37. The Kier molecular flexibility index (Phi) is 5.49. The lowest BCUT2D eigenvalue weighted by Crippen LogP contribution is -2.24. The molecule has 1 aromatic carbocycles. The summed E-state index contributed by atoms with van der Waals surface area (Å²) in [6.07, 6.45) is 6.16. The Morgan fingerprint density at radius 1 is 1.16 bits per heavy atom. The number of aromatic nitrogens is 1. The SMILES string of the molecule is CCCCCCNC(=O)c1cc(-c2ccco2)nc2ccc(C)cc12. The van der Waals surface area contributed by atoms with Gasteiger partial charge < -0.3 is 9.73 Å². The minimum Gasteiger partial charge on any atom is -0.463 e. The normalized spacial score (nSPS) is 11.0. The van der Waals surface area contributed by atoms with Crippen LogP contribution < -0.4 is 5.32 Å². The maximum atomic E-state index is 12.8. The number of carbonyl (C=O) groups is 1. The summed E-state index contributed by atoms with van der Waals surface area (Å²) >= 11 is 0. The number of nitrogens with one attached hydrogen (secondary N) is 1. The molecule has 25 heavy (non-hydrogen) atoms. The van der Waals surface area contributed by atoms with Gasteiger partial charge in [0.15, 0.2) is 5.76 Å². The van der Waals surface area contributed by atoms with Crippen molar-refractivity contribution in [2.24, 2.45) is 0 Å². The van der Waals surface area contributed by atoms with Gasteiger partial charge in [-0.3, -0.25) is 4.79 Å². The molecule has 0 unspecified atom stereocenters. The van der Waals surface area contributed by atoms with Crippen LogP contribution in [-0.2, 0) is 0 Å². The first kappa shape index (κ1) is 17.2. The summed E-state index contributed by atoms with van der Waals surface area (Å²) in [6.45, 7) is 4.90. The minimum absolute atomic E-state index is 0.0534. The quantitative estimate of drug-likeness (QED) is 0.610. The topological polar surface area (TPSA) is 55.1 Å². The monoisotopic (exact) mass is 336 g/mol. The fourth-order valence-electron chi connectivity index (χ4n) is 2.93. The lowest BCUT2D eigenvalue weighted by Gasteiger charge is -2.10. The highest BCUT2D eigenvalue weighted by molar-refractivity contribution is 6.07. The van der Waals surface area contributed by atoms with Crippen LogP contribution in [0.2, 0.25) is 0 Å². The molecule has 0 radical (unpaired) electrons. The third-order valence-electron chi connectivity index (χ3n) is 4.30. The van der Waals surface area contributed by atoms with Gasteiger partial charge in [-0.1, -0.05) is 37.8 Å². The molecule has 2 heterocycles. The van der Waals surface area contributed by atoms with E-state index in [9.17, 15) is 4.79 Å². The average Bonchev–Trinajstić information content (AvgIpc) is 3.15. The van der Waals surface area contributed by atoms with Crippen molar-refractivity contribution in [3.63, 3.8) is 0 Å². The zero-order valence-electron chi connectivity index (χ0n) is 14.8. The third kappa shape index (κ3) is 4.08. The highest BCUT2D eigenvalue weighted by Crippen LogP contribution is 2.26. The Morgan fingerprint density at radius 3 is 2.80 bits per heavy atom. The summed E-state index contributed by atoms with van der Waals surface area (Å²) in [5, 5.41) is 3.92. The Bertz CT molecular complexity index is 854. The van der Waals surface area contributed by atoms with Gasteiger partial charge in [-0.2, -0.15) is 0 Å². The molecule has 0 saturated heterocycles. The van der Waals surface area contributed by atoms with Gasteiger partial charge in [0.05, 0.1) is 17.3 Å². The summed E-state index contributed by atoms with van der Waals surface area (Å²) < 4.78 is 5.46. The summed E-state index contributed by atoms with van der Waals surface area (Å²) in [4.78, 5) is 17.4. The first-order valence-corrected chi connectivity index (χ1v) is 8.92. The van der Waals surface area contributed by atoms with E-state index in [-0.39, 0.29) is 5.91 Å². The first-order valence-electron chi connectivity index (χ1n) is 8.92. The van der Waals surface area contributed by atoms with Crippen molar-refractivity contribution in [1.82, 2.24) is 10.3 Å². The number of rotatable bonds is 7. The maximum Gasteiger partial charge on any atom is 0.252 e. The molecule has 3 rings (SSSR count). The van der Waals surface area contributed by atoms with Crippen molar-refractivity contribution in [2.75, 3.05) is 6.54 Å². The number of amides is 1. The molecule has 0 aliphatic heterocycles. The number of pyridine rings is 1. The van der Waals surface area contributed by atoms with Crippen LogP contribution in [0.25, 0.3) is 22.4 Å². The zero-order chi connectivity index (χ0) is 17.6. The average molecular weight is 336 g/mol. The van der Waals surface area contributed by atoms with Crippen LogP contribution in [0.15, 0.2) is 47.1 Å². The van der Waals surface area contributed by atoms with E-state index in [4.69, 9.17) is 4.42 Å². The van der Waals surface area contributed by atoms with E-state index < -0.39 is 0 Å². The number of carbonyl (C=O) groups excluding carboxylic acids is 1. The van der Waals surface area contributed by atoms with E-state index in [1.54, 1.807) is 6.26 Å². The van der Waals surface area contributed by atoms with Crippen LogP contribution in [0, 0.1) is 6.92 Å². The fourth-order valence-corrected chi connectivity index (χ4v) is 2.93. The second kappa shape index (κ2) is 7.97. The molecule has 3 aromatic rings. The summed E-state index contributed by atoms with van der Waals surface area (Å²) in [5.74, 6) is 0.613. The van der Waals surface area contributed by atoms with E-state index in [0.29, 0.717) is 23.6 Å². The van der Waals surface area contributed by atoms with Gasteiger partial charge in [-0.15, -0.1) is 0 Å². The van der Waals surface area contributed by atoms with Crippen LogP contribution in [-0.4, -0.2) is 17.4 Å². The second-order valence-corrected chi connectivity index (χ2v) is 6.37. The van der Waals surface area contributed by atoms with Gasteiger partial charge in [0, 0.05) is 11.9 Å². The number of aryl methyl sites for hydroxylation is 1. The smallest absolute Gasteiger partial charge is 0.252 e. The molecule has 1 N–H and O–H groups in total. The van der Waals surface area contributed by atoms with Crippen molar-refractivity contribution in [3.05, 3.63) is 53.8 Å². The molecule has 0 aliphatic rings. The molecule has 0 spiro atoms. The largest absolute Gasteiger partial charge is 0.463 e. The van der Waals surface area contributed by atoms with Gasteiger partial charge in [-0.05, 0) is 43.7 Å². The Balaban J connectivity index is 1.91. The summed E-state index contributed by atoms with van der Waals surface area (Å²) in [6, 6.07) is 11.5. The van der Waals surface area contributed by atoms with Gasteiger partial charge in [0.1, 0.15) is 5.69 Å². The van der Waals surface area contributed by atoms with Gasteiger partial charge in [0.2, 0.25) is 0 Å². The number of fused-ring (bicyclic) bond motifs is 1. The standard InChI is InChI=1S/C21H24N2O2/c1-3-4-5-6-11-22-21(24)17-14-19(20-8-7-12-25-20)23-18-10-9-15(2)13-16(17)18/h7-10,12-14H,3-6,11H2,1-2H3,(H,22,24). The first-order chi connectivity index (χ1) is 12.2. The summed E-state index contributed by atoms with van der Waals surface area (Å²) in [5.41, 5.74) is 3.24. The number of unbranched alkanes of at least 4 members (excludes halogenated alkanes) is 3. The molecule has 0 atom stereocenters. The van der Waals surface area contributed by atoms with E-state index in [1.165, 1.54) is 12.8 Å². The molecular weight excluding hydrogens is 312 g/mol. The lowest BCUT2D eigenvalue weighted by atomic mass is 10.0. The van der Waals surface area contributed by atoms with E-state index in [0.717, 1.165) is 29.3 Å². The third-order valence-corrected chi connectivity index (χ3v) is 4.30. The van der Waals surface area contributed by atoms with Crippen LogP contribution in [0.1, 0.15) is 48.5 Å². The molecule has 4 nitrogen and oxygen atoms in total. The van der Waals surface area contributed by atoms with Crippen molar-refractivity contribution in [3.8, 4) is 11.5 Å². The fraction of sp³-hybridized carbons (Fsp3) is 0.333.